The molecular weight excluding hydrogens is 214 g/mol. The summed E-state index contributed by atoms with van der Waals surface area (Å²) in [5.74, 6) is -0.0670. The van der Waals surface area contributed by atoms with E-state index in [1.807, 2.05) is 26.0 Å². The highest BCUT2D eigenvalue weighted by Gasteiger charge is 2.10. The minimum absolute atomic E-state index is 0.0670. The Kier molecular flexibility index (Phi) is 3.32. The third-order valence-electron chi connectivity index (χ3n) is 2.59. The van der Waals surface area contributed by atoms with Gasteiger partial charge in [0.1, 0.15) is 0 Å². The Labute approximate surface area is 100 Å². The van der Waals surface area contributed by atoms with E-state index in [-0.39, 0.29) is 5.91 Å². The smallest absolute Gasteiger partial charge is 0.253 e. The molecule has 4 heteroatoms. The lowest BCUT2D eigenvalue weighted by atomic mass is 10.1. The Morgan fingerprint density at radius 2 is 2.29 bits per heavy atom. The van der Waals surface area contributed by atoms with Gasteiger partial charge in [0.15, 0.2) is 0 Å². The second-order valence-electron chi connectivity index (χ2n) is 3.95. The monoisotopic (exact) mass is 229 g/mol. The number of aromatic nitrogens is 2. The fourth-order valence-electron chi connectivity index (χ4n) is 1.68. The molecule has 2 rings (SSSR count). The molecule has 0 saturated heterocycles. The van der Waals surface area contributed by atoms with E-state index in [2.05, 4.69) is 15.3 Å². The third-order valence-corrected chi connectivity index (χ3v) is 2.59. The minimum Gasteiger partial charge on any atom is -0.352 e. The first-order valence-electron chi connectivity index (χ1n) is 5.72. The SMILES string of the molecule is CCCNC(=O)c1cc2cnccc2nc1C. The molecule has 2 aromatic rings. The van der Waals surface area contributed by atoms with Crippen LogP contribution in [-0.4, -0.2) is 22.4 Å². The normalized spacial score (nSPS) is 10.5. The van der Waals surface area contributed by atoms with E-state index < -0.39 is 0 Å². The minimum atomic E-state index is -0.0670. The summed E-state index contributed by atoms with van der Waals surface area (Å²) in [4.78, 5) is 20.3. The number of rotatable bonds is 3. The predicted octanol–water partition coefficient (Wildman–Crippen LogP) is 2.08. The maximum atomic E-state index is 11.9. The Balaban J connectivity index is 2.40. The first kappa shape index (κ1) is 11.5. The number of carbonyl (C=O) groups is 1. The van der Waals surface area contributed by atoms with Crippen LogP contribution in [0, 0.1) is 6.92 Å². The first-order chi connectivity index (χ1) is 8.22. The van der Waals surface area contributed by atoms with E-state index in [0.717, 1.165) is 23.0 Å². The molecule has 2 aromatic heterocycles. The molecule has 88 valence electrons. The van der Waals surface area contributed by atoms with Gasteiger partial charge >= 0.3 is 0 Å². The van der Waals surface area contributed by atoms with Gasteiger partial charge in [-0.05, 0) is 25.5 Å². The molecular formula is C13H15N3O. The van der Waals surface area contributed by atoms with Gasteiger partial charge in [0.05, 0.1) is 16.8 Å². The molecule has 0 saturated carbocycles. The van der Waals surface area contributed by atoms with Gasteiger partial charge in [-0.1, -0.05) is 6.92 Å². The molecule has 1 amide bonds. The van der Waals surface area contributed by atoms with E-state index in [0.29, 0.717) is 12.1 Å². The second kappa shape index (κ2) is 4.91. The molecule has 1 N–H and O–H groups in total. The van der Waals surface area contributed by atoms with Crippen molar-refractivity contribution in [2.24, 2.45) is 0 Å². The zero-order valence-corrected chi connectivity index (χ0v) is 10.0. The van der Waals surface area contributed by atoms with Crippen molar-refractivity contribution in [2.45, 2.75) is 20.3 Å². The van der Waals surface area contributed by atoms with Crippen LogP contribution in [0.15, 0.2) is 24.5 Å². The van der Waals surface area contributed by atoms with Crippen molar-refractivity contribution in [3.8, 4) is 0 Å². The average molecular weight is 229 g/mol. The topological polar surface area (TPSA) is 54.9 Å². The van der Waals surface area contributed by atoms with Gasteiger partial charge in [0, 0.05) is 24.3 Å². The Hall–Kier alpha value is -1.97. The van der Waals surface area contributed by atoms with Crippen LogP contribution in [0.5, 0.6) is 0 Å². The lowest BCUT2D eigenvalue weighted by molar-refractivity contribution is 0.0953. The van der Waals surface area contributed by atoms with Crippen LogP contribution in [0.25, 0.3) is 10.9 Å². The van der Waals surface area contributed by atoms with E-state index in [9.17, 15) is 4.79 Å². The van der Waals surface area contributed by atoms with Crippen molar-refractivity contribution in [1.82, 2.24) is 15.3 Å². The van der Waals surface area contributed by atoms with Crippen molar-refractivity contribution < 1.29 is 4.79 Å². The number of hydrogen-bond donors (Lipinski definition) is 1. The summed E-state index contributed by atoms with van der Waals surface area (Å²) < 4.78 is 0. The predicted molar refractivity (Wildman–Crippen MR) is 66.9 cm³/mol. The number of pyridine rings is 2. The second-order valence-corrected chi connectivity index (χ2v) is 3.95. The maximum absolute atomic E-state index is 11.9. The van der Waals surface area contributed by atoms with Gasteiger partial charge in [-0.25, -0.2) is 0 Å². The van der Waals surface area contributed by atoms with Gasteiger partial charge in [0.2, 0.25) is 0 Å². The molecule has 0 unspecified atom stereocenters. The van der Waals surface area contributed by atoms with Crippen LogP contribution >= 0.6 is 0 Å². The fourth-order valence-corrected chi connectivity index (χ4v) is 1.68. The maximum Gasteiger partial charge on any atom is 0.253 e. The number of amides is 1. The van der Waals surface area contributed by atoms with Crippen LogP contribution in [-0.2, 0) is 0 Å². The highest BCUT2D eigenvalue weighted by Crippen LogP contribution is 2.15. The molecule has 0 fully saturated rings. The Morgan fingerprint density at radius 3 is 3.06 bits per heavy atom. The standard InChI is InChI=1S/C13H15N3O/c1-3-5-15-13(17)11-7-10-8-14-6-4-12(10)16-9(11)2/h4,6-8H,3,5H2,1-2H3,(H,15,17). The zero-order chi connectivity index (χ0) is 12.3. The molecule has 0 aliphatic rings. The molecule has 0 bridgehead atoms. The molecule has 0 aromatic carbocycles. The molecule has 0 spiro atoms. The van der Waals surface area contributed by atoms with Gasteiger partial charge < -0.3 is 5.32 Å². The van der Waals surface area contributed by atoms with Gasteiger partial charge in [-0.2, -0.15) is 0 Å². The van der Waals surface area contributed by atoms with Crippen molar-refractivity contribution >= 4 is 16.8 Å². The summed E-state index contributed by atoms with van der Waals surface area (Å²) >= 11 is 0. The molecule has 0 aliphatic heterocycles. The highest BCUT2D eigenvalue weighted by molar-refractivity contribution is 5.98. The van der Waals surface area contributed by atoms with Crippen LogP contribution in [0.1, 0.15) is 29.4 Å². The fraction of sp³-hybridized carbons (Fsp3) is 0.308. The number of nitrogens with zero attached hydrogens (tertiary/aromatic N) is 2. The van der Waals surface area contributed by atoms with Gasteiger partial charge in [0.25, 0.3) is 5.91 Å². The van der Waals surface area contributed by atoms with E-state index in [1.54, 1.807) is 12.4 Å². The average Bonchev–Trinajstić information content (AvgIpc) is 2.35. The molecule has 0 radical (unpaired) electrons. The molecule has 4 nitrogen and oxygen atoms in total. The number of carbonyl (C=O) groups excluding carboxylic acids is 1. The third kappa shape index (κ3) is 2.41. The molecule has 0 atom stereocenters. The zero-order valence-electron chi connectivity index (χ0n) is 10.0. The molecule has 0 aliphatic carbocycles. The van der Waals surface area contributed by atoms with Crippen LogP contribution < -0.4 is 5.32 Å². The van der Waals surface area contributed by atoms with Crippen molar-refractivity contribution in [3.05, 3.63) is 35.8 Å². The van der Waals surface area contributed by atoms with Crippen molar-refractivity contribution in [2.75, 3.05) is 6.54 Å². The number of fused-ring (bicyclic) bond motifs is 1. The summed E-state index contributed by atoms with van der Waals surface area (Å²) in [6.45, 7) is 4.56. The Bertz CT molecular complexity index is 551. The summed E-state index contributed by atoms with van der Waals surface area (Å²) in [7, 11) is 0. The van der Waals surface area contributed by atoms with E-state index in [1.165, 1.54) is 0 Å². The van der Waals surface area contributed by atoms with Crippen molar-refractivity contribution in [3.63, 3.8) is 0 Å². The lowest BCUT2D eigenvalue weighted by Gasteiger charge is -2.07. The first-order valence-corrected chi connectivity index (χ1v) is 5.72. The van der Waals surface area contributed by atoms with Crippen LogP contribution in [0.2, 0.25) is 0 Å². The molecule has 2 heterocycles. The summed E-state index contributed by atoms with van der Waals surface area (Å²) in [6, 6.07) is 3.69. The van der Waals surface area contributed by atoms with E-state index >= 15 is 0 Å². The van der Waals surface area contributed by atoms with Gasteiger partial charge in [-0.3, -0.25) is 14.8 Å². The van der Waals surface area contributed by atoms with Crippen LogP contribution in [0.3, 0.4) is 0 Å². The number of aryl methyl sites for hydroxylation is 1. The Morgan fingerprint density at radius 1 is 1.47 bits per heavy atom. The van der Waals surface area contributed by atoms with E-state index in [4.69, 9.17) is 0 Å². The summed E-state index contributed by atoms with van der Waals surface area (Å²) in [5, 5.41) is 3.74. The highest BCUT2D eigenvalue weighted by atomic mass is 16.1. The summed E-state index contributed by atoms with van der Waals surface area (Å²) in [5.41, 5.74) is 2.24. The largest absolute Gasteiger partial charge is 0.352 e. The van der Waals surface area contributed by atoms with Crippen molar-refractivity contribution in [1.29, 1.82) is 0 Å². The molecule has 17 heavy (non-hydrogen) atoms. The summed E-state index contributed by atoms with van der Waals surface area (Å²) in [6.07, 6.45) is 4.34. The van der Waals surface area contributed by atoms with Gasteiger partial charge in [-0.15, -0.1) is 0 Å². The van der Waals surface area contributed by atoms with Crippen LogP contribution in [0.4, 0.5) is 0 Å². The number of hydrogen-bond acceptors (Lipinski definition) is 3. The quantitative estimate of drug-likeness (QED) is 0.876. The lowest BCUT2D eigenvalue weighted by Crippen LogP contribution is -2.25. The number of nitrogens with one attached hydrogen (secondary N) is 1.